The van der Waals surface area contributed by atoms with Crippen molar-refractivity contribution in [1.82, 2.24) is 29.5 Å². The highest BCUT2D eigenvalue weighted by molar-refractivity contribution is 7.88. The zero-order chi connectivity index (χ0) is 25.6. The van der Waals surface area contributed by atoms with Crippen LogP contribution in [0.2, 0.25) is 0 Å². The fourth-order valence-electron chi connectivity index (χ4n) is 4.41. The maximum atomic E-state index is 13.6. The number of para-hydroxylation sites is 2. The minimum Gasteiger partial charge on any atom is -0.341 e. The number of aromatic amines is 1. The van der Waals surface area contributed by atoms with Gasteiger partial charge in [0.05, 0.1) is 35.0 Å². The van der Waals surface area contributed by atoms with Gasteiger partial charge in [-0.1, -0.05) is 30.3 Å². The van der Waals surface area contributed by atoms with E-state index >= 15 is 0 Å². The van der Waals surface area contributed by atoms with Gasteiger partial charge in [0.2, 0.25) is 10.0 Å². The molecule has 0 spiro atoms. The molecule has 0 amide bonds. The second kappa shape index (κ2) is 8.91. The fourth-order valence-corrected chi connectivity index (χ4v) is 5.48. The highest BCUT2D eigenvalue weighted by Crippen LogP contribution is 2.22. The Bertz CT molecular complexity index is 1950. The molecule has 184 valence electrons. The molecule has 0 aliphatic heterocycles. The largest absolute Gasteiger partial charge is 0.341 e. The molecule has 0 bridgehead atoms. The van der Waals surface area contributed by atoms with Crippen LogP contribution in [0, 0.1) is 0 Å². The summed E-state index contributed by atoms with van der Waals surface area (Å²) in [5, 5.41) is 5.79. The maximum absolute atomic E-state index is 13.6. The van der Waals surface area contributed by atoms with Gasteiger partial charge >= 0.3 is 0 Å². The number of hydrogen-bond donors (Lipinski definition) is 2. The molecular weight excluding hydrogens is 488 g/mol. The van der Waals surface area contributed by atoms with Crippen molar-refractivity contribution in [3.63, 3.8) is 0 Å². The molecule has 0 atom stereocenters. The number of nitrogens with one attached hydrogen (secondary N) is 2. The van der Waals surface area contributed by atoms with Gasteiger partial charge in [0.15, 0.2) is 5.43 Å². The normalized spacial score (nSPS) is 12.0. The number of benzene rings is 2. The van der Waals surface area contributed by atoms with Crippen LogP contribution in [0.3, 0.4) is 0 Å². The van der Waals surface area contributed by atoms with E-state index in [4.69, 9.17) is 0 Å². The molecule has 9 nitrogen and oxygen atoms in total. The summed E-state index contributed by atoms with van der Waals surface area (Å²) in [6, 6.07) is 18.1. The van der Waals surface area contributed by atoms with Gasteiger partial charge in [-0.15, -0.1) is 0 Å². The molecule has 0 saturated carbocycles. The monoisotopic (exact) mass is 510 g/mol. The molecule has 6 aromatic rings. The molecule has 2 N–H and O–H groups in total. The number of fused-ring (bicyclic) bond motifs is 3. The molecule has 3 heterocycles. The SMILES string of the molecule is Cn1cc(-c2cnc3ccc4ccc(CS(=O)(=O)NCc5nc6ccccc6[nH]5)cc4c(=O)c3c2)cn1. The number of imidazole rings is 1. The Kier molecular flexibility index (Phi) is 5.54. The van der Waals surface area contributed by atoms with Crippen molar-refractivity contribution in [2.45, 2.75) is 12.3 Å². The summed E-state index contributed by atoms with van der Waals surface area (Å²) >= 11 is 0. The molecule has 0 aliphatic carbocycles. The van der Waals surface area contributed by atoms with E-state index in [1.54, 1.807) is 47.4 Å². The summed E-state index contributed by atoms with van der Waals surface area (Å²) in [5.74, 6) is 0.263. The lowest BCUT2D eigenvalue weighted by molar-refractivity contribution is 0.579. The Labute approximate surface area is 211 Å². The fraction of sp³-hybridized carbons (Fsp3) is 0.111. The second-order valence-corrected chi connectivity index (χ2v) is 10.7. The second-order valence-electron chi connectivity index (χ2n) is 8.92. The third-order valence-electron chi connectivity index (χ3n) is 6.24. The predicted octanol–water partition coefficient (Wildman–Crippen LogP) is 3.64. The molecule has 10 heteroatoms. The van der Waals surface area contributed by atoms with E-state index in [0.29, 0.717) is 33.1 Å². The van der Waals surface area contributed by atoms with Crippen LogP contribution in [0.15, 0.2) is 84.0 Å². The zero-order valence-electron chi connectivity index (χ0n) is 19.8. The molecule has 0 saturated heterocycles. The van der Waals surface area contributed by atoms with Gasteiger partial charge in [-0.25, -0.2) is 18.1 Å². The lowest BCUT2D eigenvalue weighted by atomic mass is 10.1. The highest BCUT2D eigenvalue weighted by Gasteiger charge is 2.14. The minimum atomic E-state index is -3.69. The Balaban J connectivity index is 1.32. The summed E-state index contributed by atoms with van der Waals surface area (Å²) in [5.41, 5.74) is 4.13. The Morgan fingerprint density at radius 1 is 0.946 bits per heavy atom. The van der Waals surface area contributed by atoms with Crippen LogP contribution >= 0.6 is 0 Å². The van der Waals surface area contributed by atoms with Crippen molar-refractivity contribution in [3.05, 3.63) is 101 Å². The molecule has 0 aliphatic rings. The van der Waals surface area contributed by atoms with E-state index < -0.39 is 10.0 Å². The number of rotatable bonds is 6. The maximum Gasteiger partial charge on any atom is 0.216 e. The van der Waals surface area contributed by atoms with Gasteiger partial charge < -0.3 is 4.98 Å². The van der Waals surface area contributed by atoms with Crippen molar-refractivity contribution in [2.24, 2.45) is 7.05 Å². The third-order valence-corrected chi connectivity index (χ3v) is 7.54. The van der Waals surface area contributed by atoms with E-state index in [1.807, 2.05) is 43.6 Å². The molecule has 0 radical (unpaired) electrons. The van der Waals surface area contributed by atoms with Crippen LogP contribution in [0.1, 0.15) is 11.4 Å². The van der Waals surface area contributed by atoms with E-state index in [0.717, 1.165) is 22.2 Å². The summed E-state index contributed by atoms with van der Waals surface area (Å²) < 4.78 is 30.0. The van der Waals surface area contributed by atoms with Gasteiger partial charge in [0, 0.05) is 41.3 Å². The van der Waals surface area contributed by atoms with Gasteiger partial charge in [0.25, 0.3) is 0 Å². The Morgan fingerprint density at radius 3 is 2.59 bits per heavy atom. The average Bonchev–Trinajstić information content (AvgIpc) is 3.49. The molecule has 37 heavy (non-hydrogen) atoms. The Morgan fingerprint density at radius 2 is 1.78 bits per heavy atom. The molecule has 6 rings (SSSR count). The molecule has 3 aromatic heterocycles. The average molecular weight is 511 g/mol. The number of pyridine rings is 1. The smallest absolute Gasteiger partial charge is 0.216 e. The number of sulfonamides is 1. The first-order chi connectivity index (χ1) is 17.8. The van der Waals surface area contributed by atoms with Crippen LogP contribution in [0.25, 0.3) is 43.8 Å². The van der Waals surface area contributed by atoms with Crippen molar-refractivity contribution in [1.29, 1.82) is 0 Å². The first-order valence-corrected chi connectivity index (χ1v) is 13.3. The molecule has 3 aromatic carbocycles. The van der Waals surface area contributed by atoms with Crippen molar-refractivity contribution in [3.8, 4) is 11.1 Å². The van der Waals surface area contributed by atoms with Gasteiger partial charge in [-0.2, -0.15) is 5.10 Å². The number of aromatic nitrogens is 5. The first kappa shape index (κ1) is 23.0. The van der Waals surface area contributed by atoms with Crippen molar-refractivity contribution in [2.75, 3.05) is 0 Å². The van der Waals surface area contributed by atoms with Crippen LogP contribution in [-0.4, -0.2) is 33.2 Å². The van der Waals surface area contributed by atoms with E-state index in [-0.39, 0.29) is 17.7 Å². The first-order valence-electron chi connectivity index (χ1n) is 11.6. The zero-order valence-corrected chi connectivity index (χ0v) is 20.7. The van der Waals surface area contributed by atoms with Gasteiger partial charge in [0.1, 0.15) is 5.82 Å². The third kappa shape index (κ3) is 4.59. The van der Waals surface area contributed by atoms with Crippen LogP contribution in [-0.2, 0) is 29.4 Å². The Hall–Kier alpha value is -4.41. The summed E-state index contributed by atoms with van der Waals surface area (Å²) in [6.07, 6.45) is 5.29. The highest BCUT2D eigenvalue weighted by atomic mass is 32.2. The predicted molar refractivity (Wildman–Crippen MR) is 143 cm³/mol. The minimum absolute atomic E-state index is 0.0415. The lowest BCUT2D eigenvalue weighted by Gasteiger charge is -2.06. The quantitative estimate of drug-likeness (QED) is 0.353. The number of aryl methyl sites for hydroxylation is 1. The number of H-pyrrole nitrogens is 1. The number of hydrogen-bond acceptors (Lipinski definition) is 6. The summed E-state index contributed by atoms with van der Waals surface area (Å²) in [6.45, 7) is 0.0415. The molecule has 0 fully saturated rings. The lowest BCUT2D eigenvalue weighted by Crippen LogP contribution is -2.25. The molecular formula is C27H22N6O3S. The van der Waals surface area contributed by atoms with Gasteiger partial charge in [-0.3, -0.25) is 14.5 Å². The topological polar surface area (TPSA) is 123 Å². The molecule has 0 unspecified atom stereocenters. The van der Waals surface area contributed by atoms with Crippen molar-refractivity contribution >= 4 is 42.7 Å². The summed E-state index contributed by atoms with van der Waals surface area (Å²) in [4.78, 5) is 25.6. The van der Waals surface area contributed by atoms with Crippen LogP contribution in [0.4, 0.5) is 0 Å². The number of nitrogens with zero attached hydrogens (tertiary/aromatic N) is 4. The van der Waals surface area contributed by atoms with E-state index in [1.165, 1.54) is 0 Å². The standard InChI is InChI=1S/C27H22N6O3S/c1-33-15-20(13-29-33)19-11-22-23(28-12-19)9-8-18-7-6-17(10-21(18)27(22)34)16-37(35,36)30-14-26-31-24-4-2-3-5-25(24)32-26/h2-13,15,30H,14,16H2,1H3,(H,31,32). The van der Waals surface area contributed by atoms with Crippen molar-refractivity contribution < 1.29 is 8.42 Å². The summed E-state index contributed by atoms with van der Waals surface area (Å²) in [7, 11) is -1.86. The van der Waals surface area contributed by atoms with Crippen LogP contribution in [0.5, 0.6) is 0 Å². The van der Waals surface area contributed by atoms with E-state index in [2.05, 4.69) is 24.8 Å². The van der Waals surface area contributed by atoms with Gasteiger partial charge in [-0.05, 0) is 41.3 Å². The van der Waals surface area contributed by atoms with E-state index in [9.17, 15) is 13.2 Å². The van der Waals surface area contributed by atoms with Crippen LogP contribution < -0.4 is 10.2 Å².